The number of ketones is 1. The maximum absolute atomic E-state index is 12.4. The smallest absolute Gasteiger partial charge is 0.351 e. The molecule has 0 atom stereocenters. The summed E-state index contributed by atoms with van der Waals surface area (Å²) < 4.78 is 15.4. The quantitative estimate of drug-likeness (QED) is 0.189. The van der Waals surface area contributed by atoms with Gasteiger partial charge in [0.05, 0.1) is 5.56 Å². The maximum Gasteiger partial charge on any atom is 0.351 e. The second kappa shape index (κ2) is 9.32. The van der Waals surface area contributed by atoms with Gasteiger partial charge in [0, 0.05) is 10.9 Å². The largest absolute Gasteiger partial charge is 0.453 e. The normalized spacial score (nSPS) is 10.6. The monoisotopic (exact) mass is 442 g/mol. The average Bonchev–Trinajstić information content (AvgIpc) is 2.82. The molecule has 0 aliphatic heterocycles. The van der Waals surface area contributed by atoms with Crippen molar-refractivity contribution in [2.75, 3.05) is 6.61 Å². The second-order valence-corrected chi connectivity index (χ2v) is 7.26. The summed E-state index contributed by atoms with van der Waals surface area (Å²) in [6.45, 7) is 1.35. The zero-order valence-electron chi connectivity index (χ0n) is 17.6. The summed E-state index contributed by atoms with van der Waals surface area (Å²) in [6.07, 6.45) is 0. The van der Waals surface area contributed by atoms with E-state index >= 15 is 0 Å². The molecule has 164 valence electrons. The summed E-state index contributed by atoms with van der Waals surface area (Å²) in [5.74, 6) is -1.68. The van der Waals surface area contributed by atoms with E-state index in [0.29, 0.717) is 16.5 Å². The molecule has 4 rings (SSSR count). The summed E-state index contributed by atoms with van der Waals surface area (Å²) in [6, 6.07) is 20.9. The first kappa shape index (κ1) is 21.7. The number of Topliss-reactive ketones (excluding diaryl/α,β-unsaturated/α-hetero) is 1. The van der Waals surface area contributed by atoms with Gasteiger partial charge in [-0.25, -0.2) is 14.4 Å². The van der Waals surface area contributed by atoms with Crippen LogP contribution >= 0.6 is 0 Å². The molecule has 0 fully saturated rings. The number of esters is 2. The fourth-order valence-corrected chi connectivity index (χ4v) is 3.06. The third kappa shape index (κ3) is 5.04. The van der Waals surface area contributed by atoms with Crippen LogP contribution in [0.4, 0.5) is 0 Å². The number of ether oxygens (including phenoxy) is 2. The number of rotatable bonds is 6. The number of benzene rings is 3. The van der Waals surface area contributed by atoms with Crippen LogP contribution in [0.25, 0.3) is 11.0 Å². The van der Waals surface area contributed by atoms with Gasteiger partial charge in [-0.1, -0.05) is 35.9 Å². The minimum Gasteiger partial charge on any atom is -0.453 e. The van der Waals surface area contributed by atoms with Gasteiger partial charge >= 0.3 is 17.6 Å². The van der Waals surface area contributed by atoms with Crippen molar-refractivity contribution < 1.29 is 28.3 Å². The molecule has 3 aromatic carbocycles. The lowest BCUT2D eigenvalue weighted by Crippen LogP contribution is -2.20. The van der Waals surface area contributed by atoms with Gasteiger partial charge in [-0.15, -0.1) is 0 Å². The lowest BCUT2D eigenvalue weighted by molar-refractivity contribution is 0.0470. The zero-order chi connectivity index (χ0) is 23.4. The highest BCUT2D eigenvalue weighted by Gasteiger charge is 2.17. The van der Waals surface area contributed by atoms with Crippen LogP contribution < -0.4 is 10.4 Å². The topological polar surface area (TPSA) is 99.9 Å². The van der Waals surface area contributed by atoms with E-state index in [2.05, 4.69) is 0 Å². The Morgan fingerprint density at radius 1 is 0.818 bits per heavy atom. The predicted octanol–water partition coefficient (Wildman–Crippen LogP) is 4.36. The van der Waals surface area contributed by atoms with E-state index in [1.54, 1.807) is 36.4 Å². The molecule has 7 heteroatoms. The molecule has 1 aromatic heterocycles. The van der Waals surface area contributed by atoms with Gasteiger partial charge in [0.1, 0.15) is 16.9 Å². The highest BCUT2D eigenvalue weighted by molar-refractivity contribution is 6.00. The van der Waals surface area contributed by atoms with E-state index < -0.39 is 30.0 Å². The van der Waals surface area contributed by atoms with Crippen LogP contribution in [0.5, 0.6) is 5.75 Å². The molecule has 1 heterocycles. The fourth-order valence-electron chi connectivity index (χ4n) is 3.06. The van der Waals surface area contributed by atoms with E-state index in [-0.39, 0.29) is 16.9 Å². The van der Waals surface area contributed by atoms with Gasteiger partial charge in [0.15, 0.2) is 12.4 Å². The molecule has 0 bridgehead atoms. The number of hydrogen-bond acceptors (Lipinski definition) is 7. The van der Waals surface area contributed by atoms with Crippen LogP contribution in [0.2, 0.25) is 0 Å². The predicted molar refractivity (Wildman–Crippen MR) is 120 cm³/mol. The molecule has 0 spiro atoms. The van der Waals surface area contributed by atoms with Gasteiger partial charge < -0.3 is 13.9 Å². The highest BCUT2D eigenvalue weighted by Crippen LogP contribution is 2.16. The highest BCUT2D eigenvalue weighted by atomic mass is 16.5. The van der Waals surface area contributed by atoms with E-state index in [4.69, 9.17) is 13.9 Å². The molecule has 0 aliphatic rings. The number of carbonyl (C=O) groups is 3. The van der Waals surface area contributed by atoms with Crippen molar-refractivity contribution in [3.05, 3.63) is 112 Å². The van der Waals surface area contributed by atoms with E-state index in [1.807, 2.05) is 19.1 Å². The molecular formula is C26H18O7. The lowest BCUT2D eigenvalue weighted by atomic mass is 10.1. The van der Waals surface area contributed by atoms with Gasteiger partial charge in [-0.05, 0) is 55.5 Å². The molecule has 0 saturated heterocycles. The van der Waals surface area contributed by atoms with Crippen LogP contribution in [0, 0.1) is 6.92 Å². The third-order valence-electron chi connectivity index (χ3n) is 4.87. The molecule has 33 heavy (non-hydrogen) atoms. The van der Waals surface area contributed by atoms with Crippen molar-refractivity contribution in [3.8, 4) is 5.75 Å². The number of fused-ring (bicyclic) bond motifs is 1. The molecule has 0 N–H and O–H groups in total. The number of carbonyl (C=O) groups excluding carboxylic acids is 3. The van der Waals surface area contributed by atoms with Crippen molar-refractivity contribution in [2.24, 2.45) is 0 Å². The molecule has 0 amide bonds. The molecule has 0 unspecified atom stereocenters. The van der Waals surface area contributed by atoms with Gasteiger partial charge in [0.25, 0.3) is 0 Å². The van der Waals surface area contributed by atoms with Crippen molar-refractivity contribution in [3.63, 3.8) is 0 Å². The van der Waals surface area contributed by atoms with Crippen LogP contribution in [0.1, 0.15) is 36.6 Å². The Labute approximate surface area is 188 Å². The standard InChI is InChI=1S/C26H18O7/c1-16-6-8-18(9-7-16)24(28)32-20-12-10-17(11-13-20)22(27)15-31-25(29)21-14-19-4-2-3-5-23(19)33-26(21)30/h2-14H,15H2,1H3. The van der Waals surface area contributed by atoms with Crippen LogP contribution in [0.3, 0.4) is 0 Å². The van der Waals surface area contributed by atoms with E-state index in [0.717, 1.165) is 5.56 Å². The SMILES string of the molecule is Cc1ccc(C(=O)Oc2ccc(C(=O)COC(=O)c3cc4ccccc4oc3=O)cc2)cc1. The number of aryl methyl sites for hydroxylation is 1. The number of hydrogen-bond donors (Lipinski definition) is 0. The summed E-state index contributed by atoms with van der Waals surface area (Å²) in [4.78, 5) is 48.9. The Hall–Kier alpha value is -4.52. The summed E-state index contributed by atoms with van der Waals surface area (Å²) in [7, 11) is 0. The van der Waals surface area contributed by atoms with Crippen LogP contribution in [0.15, 0.2) is 88.1 Å². The van der Waals surface area contributed by atoms with Crippen molar-refractivity contribution in [1.82, 2.24) is 0 Å². The van der Waals surface area contributed by atoms with Crippen LogP contribution in [-0.2, 0) is 4.74 Å². The molecule has 0 saturated carbocycles. The summed E-state index contributed by atoms with van der Waals surface area (Å²) >= 11 is 0. The van der Waals surface area contributed by atoms with Crippen molar-refractivity contribution in [2.45, 2.75) is 6.92 Å². The first-order chi connectivity index (χ1) is 15.9. The molecular weight excluding hydrogens is 424 g/mol. The minimum atomic E-state index is -0.952. The Morgan fingerprint density at radius 3 is 2.21 bits per heavy atom. The summed E-state index contributed by atoms with van der Waals surface area (Å²) in [5.41, 5.74) is 0.898. The second-order valence-electron chi connectivity index (χ2n) is 7.26. The third-order valence-corrected chi connectivity index (χ3v) is 4.87. The Kier molecular flexibility index (Phi) is 6.13. The first-order valence-electron chi connectivity index (χ1n) is 10.0. The zero-order valence-corrected chi connectivity index (χ0v) is 17.6. The fraction of sp³-hybridized carbons (Fsp3) is 0.0769. The molecule has 4 aromatic rings. The van der Waals surface area contributed by atoms with Crippen molar-refractivity contribution >= 4 is 28.7 Å². The van der Waals surface area contributed by atoms with Gasteiger partial charge in [-0.2, -0.15) is 0 Å². The molecule has 0 radical (unpaired) electrons. The lowest BCUT2D eigenvalue weighted by Gasteiger charge is -2.07. The average molecular weight is 442 g/mol. The Morgan fingerprint density at radius 2 is 1.48 bits per heavy atom. The molecule has 7 nitrogen and oxygen atoms in total. The van der Waals surface area contributed by atoms with Crippen molar-refractivity contribution in [1.29, 1.82) is 0 Å². The van der Waals surface area contributed by atoms with E-state index in [9.17, 15) is 19.2 Å². The Bertz CT molecular complexity index is 1400. The van der Waals surface area contributed by atoms with E-state index in [1.165, 1.54) is 30.3 Å². The summed E-state index contributed by atoms with van der Waals surface area (Å²) in [5, 5.41) is 0.561. The molecule has 0 aliphatic carbocycles. The van der Waals surface area contributed by atoms with Gasteiger partial charge in [-0.3, -0.25) is 4.79 Å². The van der Waals surface area contributed by atoms with Gasteiger partial charge in [0.2, 0.25) is 0 Å². The Balaban J connectivity index is 1.37. The maximum atomic E-state index is 12.4. The minimum absolute atomic E-state index is 0.253. The first-order valence-corrected chi connectivity index (χ1v) is 10.0. The number of para-hydroxylation sites is 1. The van der Waals surface area contributed by atoms with Crippen LogP contribution in [-0.4, -0.2) is 24.3 Å².